The molecule has 3 rings (SSSR count). The van der Waals surface area contributed by atoms with Gasteiger partial charge in [-0.15, -0.1) is 0 Å². The van der Waals surface area contributed by atoms with Crippen LogP contribution in [0.15, 0.2) is 24.3 Å². The largest absolute Gasteiger partial charge is 0.378 e. The van der Waals surface area contributed by atoms with Gasteiger partial charge in [0, 0.05) is 19.8 Å². The summed E-state index contributed by atoms with van der Waals surface area (Å²) in [6.45, 7) is 2.17. The van der Waals surface area contributed by atoms with E-state index in [0.717, 1.165) is 38.7 Å². The molecule has 2 aliphatic rings. The first-order valence-corrected chi connectivity index (χ1v) is 8.90. The highest BCUT2D eigenvalue weighted by Crippen LogP contribution is 2.32. The van der Waals surface area contributed by atoms with Crippen LogP contribution in [0, 0.1) is 0 Å². The Morgan fingerprint density at radius 3 is 3.04 bits per heavy atom. The molecule has 126 valence electrons. The van der Waals surface area contributed by atoms with E-state index < -0.39 is 0 Å². The first-order chi connectivity index (χ1) is 11.3. The molecular formula is C19H27NO3. The van der Waals surface area contributed by atoms with Crippen molar-refractivity contribution in [3.8, 4) is 0 Å². The monoisotopic (exact) mass is 317 g/mol. The van der Waals surface area contributed by atoms with E-state index >= 15 is 0 Å². The minimum Gasteiger partial charge on any atom is -0.378 e. The molecule has 0 spiro atoms. The topological polar surface area (TPSA) is 47.6 Å². The van der Waals surface area contributed by atoms with Gasteiger partial charge in [-0.3, -0.25) is 4.79 Å². The highest BCUT2D eigenvalue weighted by atomic mass is 16.5. The van der Waals surface area contributed by atoms with E-state index in [1.54, 1.807) is 0 Å². The minimum atomic E-state index is 0.0971. The number of rotatable bonds is 7. The van der Waals surface area contributed by atoms with Crippen LogP contribution in [0.2, 0.25) is 0 Å². The van der Waals surface area contributed by atoms with Gasteiger partial charge in [0.15, 0.2) is 0 Å². The summed E-state index contributed by atoms with van der Waals surface area (Å²) in [4.78, 5) is 11.8. The van der Waals surface area contributed by atoms with Gasteiger partial charge in [0.25, 0.3) is 0 Å². The van der Waals surface area contributed by atoms with Crippen molar-refractivity contribution in [3.05, 3.63) is 35.4 Å². The Kier molecular flexibility index (Phi) is 6.06. The summed E-state index contributed by atoms with van der Waals surface area (Å²) in [5, 5.41) is 2.97. The highest BCUT2D eigenvalue weighted by molar-refractivity contribution is 5.76. The van der Waals surface area contributed by atoms with E-state index in [9.17, 15) is 4.79 Å². The minimum absolute atomic E-state index is 0.0971. The van der Waals surface area contributed by atoms with Crippen LogP contribution in [0.4, 0.5) is 0 Å². The van der Waals surface area contributed by atoms with E-state index in [2.05, 4.69) is 29.6 Å². The lowest BCUT2D eigenvalue weighted by Crippen LogP contribution is -2.28. The number of carbonyl (C=O) groups is 1. The lowest BCUT2D eigenvalue weighted by molar-refractivity contribution is -0.123. The maximum absolute atomic E-state index is 11.8. The molecule has 1 N–H and O–H groups in total. The molecule has 1 aliphatic heterocycles. The second-order valence-electron chi connectivity index (χ2n) is 6.49. The molecule has 1 heterocycles. The van der Waals surface area contributed by atoms with Crippen molar-refractivity contribution >= 4 is 5.91 Å². The molecule has 2 atom stereocenters. The van der Waals surface area contributed by atoms with Crippen molar-refractivity contribution in [1.29, 1.82) is 0 Å². The second-order valence-corrected chi connectivity index (χ2v) is 6.49. The molecular weight excluding hydrogens is 290 g/mol. The summed E-state index contributed by atoms with van der Waals surface area (Å²) in [6.07, 6.45) is 7.25. The van der Waals surface area contributed by atoms with Crippen LogP contribution in [-0.4, -0.2) is 31.8 Å². The zero-order valence-electron chi connectivity index (χ0n) is 13.8. The number of fused-ring (bicyclic) bond motifs is 1. The zero-order valence-corrected chi connectivity index (χ0v) is 13.8. The first-order valence-electron chi connectivity index (χ1n) is 8.90. The second kappa shape index (κ2) is 8.46. The van der Waals surface area contributed by atoms with Crippen LogP contribution >= 0.6 is 0 Å². The van der Waals surface area contributed by atoms with E-state index in [-0.39, 0.29) is 18.1 Å². The van der Waals surface area contributed by atoms with Crippen molar-refractivity contribution < 1.29 is 14.3 Å². The molecule has 4 nitrogen and oxygen atoms in total. The van der Waals surface area contributed by atoms with Crippen molar-refractivity contribution in [2.75, 3.05) is 19.8 Å². The summed E-state index contributed by atoms with van der Waals surface area (Å²) < 4.78 is 11.5. The van der Waals surface area contributed by atoms with Gasteiger partial charge in [-0.2, -0.15) is 0 Å². The van der Waals surface area contributed by atoms with Gasteiger partial charge in [0.05, 0.1) is 18.6 Å². The predicted molar refractivity (Wildman–Crippen MR) is 89.3 cm³/mol. The SMILES string of the molecule is O=C(C[C@H]1CCCO1)NCCCO[C@H]1CCCc2ccccc21. The van der Waals surface area contributed by atoms with Crippen LogP contribution in [-0.2, 0) is 20.7 Å². The average Bonchev–Trinajstić information content (AvgIpc) is 3.07. The zero-order chi connectivity index (χ0) is 15.9. The van der Waals surface area contributed by atoms with Gasteiger partial charge in [-0.05, 0) is 49.7 Å². The lowest BCUT2D eigenvalue weighted by Gasteiger charge is -2.25. The van der Waals surface area contributed by atoms with Gasteiger partial charge < -0.3 is 14.8 Å². The van der Waals surface area contributed by atoms with Crippen molar-refractivity contribution in [3.63, 3.8) is 0 Å². The Hall–Kier alpha value is -1.39. The van der Waals surface area contributed by atoms with E-state index in [4.69, 9.17) is 9.47 Å². The maximum Gasteiger partial charge on any atom is 0.222 e. The summed E-state index contributed by atoms with van der Waals surface area (Å²) in [5.74, 6) is 0.0971. The molecule has 23 heavy (non-hydrogen) atoms. The summed E-state index contributed by atoms with van der Waals surface area (Å²) in [7, 11) is 0. The molecule has 1 fully saturated rings. The molecule has 1 amide bonds. The van der Waals surface area contributed by atoms with Crippen LogP contribution in [0.1, 0.15) is 55.8 Å². The molecule has 0 saturated carbocycles. The van der Waals surface area contributed by atoms with Crippen LogP contribution in [0.5, 0.6) is 0 Å². The fourth-order valence-electron chi connectivity index (χ4n) is 3.49. The number of aryl methyl sites for hydroxylation is 1. The summed E-state index contributed by atoms with van der Waals surface area (Å²) >= 11 is 0. The van der Waals surface area contributed by atoms with Gasteiger partial charge in [0.2, 0.25) is 5.91 Å². The van der Waals surface area contributed by atoms with Gasteiger partial charge in [-0.25, -0.2) is 0 Å². The summed E-state index contributed by atoms with van der Waals surface area (Å²) in [5.41, 5.74) is 2.77. The number of ether oxygens (including phenoxy) is 2. The number of hydrogen-bond acceptors (Lipinski definition) is 3. The van der Waals surface area contributed by atoms with Crippen LogP contribution in [0.25, 0.3) is 0 Å². The predicted octanol–water partition coefficient (Wildman–Crippen LogP) is 3.16. The lowest BCUT2D eigenvalue weighted by atomic mass is 9.89. The standard InChI is InChI=1S/C19H27NO3/c21-19(14-16-8-4-12-22-16)20-11-5-13-23-18-10-3-7-15-6-1-2-9-17(15)18/h1-2,6,9,16,18H,3-5,7-8,10-14H2,(H,20,21)/t16-,18+/m1/s1. The van der Waals surface area contributed by atoms with Crippen molar-refractivity contribution in [1.82, 2.24) is 5.32 Å². The van der Waals surface area contributed by atoms with E-state index in [1.165, 1.54) is 17.5 Å². The summed E-state index contributed by atoms with van der Waals surface area (Å²) in [6, 6.07) is 8.58. The first kappa shape index (κ1) is 16.5. The molecule has 1 aliphatic carbocycles. The van der Waals surface area contributed by atoms with E-state index in [1.807, 2.05) is 0 Å². The fraction of sp³-hybridized carbons (Fsp3) is 0.632. The smallest absolute Gasteiger partial charge is 0.222 e. The highest BCUT2D eigenvalue weighted by Gasteiger charge is 2.20. The Bertz CT molecular complexity index is 511. The van der Waals surface area contributed by atoms with Crippen molar-refractivity contribution in [2.24, 2.45) is 0 Å². The molecule has 0 radical (unpaired) electrons. The Morgan fingerprint density at radius 2 is 2.17 bits per heavy atom. The van der Waals surface area contributed by atoms with E-state index in [0.29, 0.717) is 19.6 Å². The molecule has 1 saturated heterocycles. The molecule has 0 aromatic heterocycles. The van der Waals surface area contributed by atoms with Crippen molar-refractivity contribution in [2.45, 2.75) is 57.2 Å². The number of nitrogens with one attached hydrogen (secondary N) is 1. The third-order valence-electron chi connectivity index (χ3n) is 4.71. The molecule has 0 bridgehead atoms. The van der Waals surface area contributed by atoms with Crippen LogP contribution in [0.3, 0.4) is 0 Å². The number of benzene rings is 1. The molecule has 4 heteroatoms. The number of amides is 1. The average molecular weight is 317 g/mol. The molecule has 1 aromatic carbocycles. The Labute approximate surface area is 138 Å². The normalized spacial score (nSPS) is 23.5. The third-order valence-corrected chi connectivity index (χ3v) is 4.71. The number of carbonyl (C=O) groups excluding carboxylic acids is 1. The maximum atomic E-state index is 11.8. The molecule has 1 aromatic rings. The van der Waals surface area contributed by atoms with Crippen LogP contribution < -0.4 is 5.32 Å². The Morgan fingerprint density at radius 1 is 1.26 bits per heavy atom. The van der Waals surface area contributed by atoms with Gasteiger partial charge >= 0.3 is 0 Å². The van der Waals surface area contributed by atoms with Gasteiger partial charge in [-0.1, -0.05) is 24.3 Å². The fourth-order valence-corrected chi connectivity index (χ4v) is 3.49. The molecule has 0 unspecified atom stereocenters. The third kappa shape index (κ3) is 4.79. The Balaban J connectivity index is 1.32. The number of hydrogen-bond donors (Lipinski definition) is 1. The quantitative estimate of drug-likeness (QED) is 0.786. The van der Waals surface area contributed by atoms with Gasteiger partial charge in [0.1, 0.15) is 0 Å².